The van der Waals surface area contributed by atoms with Gasteiger partial charge in [-0.1, -0.05) is 12.5 Å². The second kappa shape index (κ2) is 9.01. The minimum atomic E-state index is -0.0856. The van der Waals surface area contributed by atoms with Gasteiger partial charge in [-0.2, -0.15) is 0 Å². The fourth-order valence-electron chi connectivity index (χ4n) is 2.16. The molecule has 0 amide bonds. The van der Waals surface area contributed by atoms with Gasteiger partial charge in [0.05, 0.1) is 12.3 Å². The quantitative estimate of drug-likeness (QED) is 0.554. The molecule has 0 unspecified atom stereocenters. The fraction of sp³-hybridized carbons (Fsp3) is 0.562. The van der Waals surface area contributed by atoms with Crippen molar-refractivity contribution >= 4 is 27.6 Å². The van der Waals surface area contributed by atoms with Crippen LogP contribution in [0.15, 0.2) is 16.6 Å². The van der Waals surface area contributed by atoms with Gasteiger partial charge in [-0.25, -0.2) is 0 Å². The third kappa shape index (κ3) is 5.95. The first kappa shape index (κ1) is 17.0. The van der Waals surface area contributed by atoms with Crippen LogP contribution in [0.25, 0.3) is 0 Å². The Kier molecular flexibility index (Phi) is 7.67. The molecule has 1 aromatic rings. The highest BCUT2D eigenvalue weighted by Gasteiger charge is 2.04. The lowest BCUT2D eigenvalue weighted by atomic mass is 10.1. The van der Waals surface area contributed by atoms with E-state index in [1.165, 1.54) is 16.8 Å². The normalized spacial score (nSPS) is 10.4. The van der Waals surface area contributed by atoms with E-state index in [9.17, 15) is 4.79 Å². The lowest BCUT2D eigenvalue weighted by Crippen LogP contribution is -2.06. The number of hydrogen-bond donors (Lipinski definition) is 1. The molecule has 0 radical (unpaired) electrons. The largest absolute Gasteiger partial charge is 0.466 e. The summed E-state index contributed by atoms with van der Waals surface area (Å²) in [6.07, 6.45) is 3.52. The van der Waals surface area contributed by atoms with E-state index >= 15 is 0 Å². The summed E-state index contributed by atoms with van der Waals surface area (Å²) in [7, 11) is 0. The van der Waals surface area contributed by atoms with Gasteiger partial charge < -0.3 is 10.1 Å². The molecule has 0 saturated carbocycles. The third-order valence-corrected chi connectivity index (χ3v) is 3.72. The number of ether oxygens (including phenoxy) is 1. The molecule has 0 aliphatic carbocycles. The summed E-state index contributed by atoms with van der Waals surface area (Å²) in [6, 6.07) is 4.30. The first-order valence-electron chi connectivity index (χ1n) is 7.20. The number of carbonyl (C=O) groups excluding carboxylic acids is 1. The van der Waals surface area contributed by atoms with Gasteiger partial charge in [0, 0.05) is 17.4 Å². The Morgan fingerprint density at radius 1 is 1.25 bits per heavy atom. The molecule has 0 aliphatic heterocycles. The summed E-state index contributed by atoms with van der Waals surface area (Å²) in [4.78, 5) is 11.2. The van der Waals surface area contributed by atoms with Crippen molar-refractivity contribution in [3.8, 4) is 0 Å². The summed E-state index contributed by atoms with van der Waals surface area (Å²) in [6.45, 7) is 7.44. The molecule has 1 aromatic carbocycles. The Bertz CT molecular complexity index is 423. The summed E-state index contributed by atoms with van der Waals surface area (Å²) < 4.78 is 6.01. The van der Waals surface area contributed by atoms with Gasteiger partial charge in [0.15, 0.2) is 0 Å². The van der Waals surface area contributed by atoms with Crippen molar-refractivity contribution in [3.05, 3.63) is 27.7 Å². The zero-order valence-corrected chi connectivity index (χ0v) is 14.2. The number of unbranched alkanes of at least 4 members (excludes halogenated alkanes) is 2. The van der Waals surface area contributed by atoms with Gasteiger partial charge in [-0.3, -0.25) is 4.79 Å². The molecule has 0 aliphatic rings. The molecule has 3 nitrogen and oxygen atoms in total. The first-order chi connectivity index (χ1) is 9.54. The van der Waals surface area contributed by atoms with Crippen LogP contribution in [-0.2, 0) is 9.53 Å². The van der Waals surface area contributed by atoms with E-state index in [1.807, 2.05) is 6.92 Å². The predicted octanol–water partition coefficient (Wildman–Crippen LogP) is 4.60. The van der Waals surface area contributed by atoms with E-state index in [1.54, 1.807) is 0 Å². The maximum Gasteiger partial charge on any atom is 0.305 e. The third-order valence-electron chi connectivity index (χ3n) is 3.10. The van der Waals surface area contributed by atoms with Gasteiger partial charge in [0.25, 0.3) is 0 Å². The van der Waals surface area contributed by atoms with Crippen LogP contribution in [-0.4, -0.2) is 19.1 Å². The van der Waals surface area contributed by atoms with Crippen LogP contribution in [0.2, 0.25) is 0 Å². The van der Waals surface area contributed by atoms with Crippen LogP contribution in [0.5, 0.6) is 0 Å². The van der Waals surface area contributed by atoms with Crippen molar-refractivity contribution in [1.29, 1.82) is 0 Å². The van der Waals surface area contributed by atoms with E-state index < -0.39 is 0 Å². The minimum absolute atomic E-state index is 0.0856. The second-order valence-corrected chi connectivity index (χ2v) is 5.84. The average molecular weight is 342 g/mol. The maximum absolute atomic E-state index is 11.2. The molecule has 112 valence electrons. The Balaban J connectivity index is 2.23. The van der Waals surface area contributed by atoms with Crippen LogP contribution < -0.4 is 5.32 Å². The van der Waals surface area contributed by atoms with Gasteiger partial charge in [-0.05, 0) is 66.7 Å². The number of rotatable bonds is 8. The van der Waals surface area contributed by atoms with Gasteiger partial charge in [0.1, 0.15) is 0 Å². The van der Waals surface area contributed by atoms with Crippen LogP contribution in [0.4, 0.5) is 5.69 Å². The molecule has 0 aromatic heterocycles. The van der Waals surface area contributed by atoms with Crippen molar-refractivity contribution in [1.82, 2.24) is 0 Å². The molecule has 1 N–H and O–H groups in total. The number of halogens is 1. The topological polar surface area (TPSA) is 38.3 Å². The van der Waals surface area contributed by atoms with E-state index in [0.717, 1.165) is 30.3 Å². The van der Waals surface area contributed by atoms with Crippen molar-refractivity contribution in [2.75, 3.05) is 18.5 Å². The van der Waals surface area contributed by atoms with E-state index in [2.05, 4.69) is 47.2 Å². The number of esters is 1. The van der Waals surface area contributed by atoms with Crippen LogP contribution in [0.3, 0.4) is 0 Å². The number of aryl methyl sites for hydroxylation is 2. The maximum atomic E-state index is 11.2. The molecule has 20 heavy (non-hydrogen) atoms. The van der Waals surface area contributed by atoms with Crippen molar-refractivity contribution in [2.24, 2.45) is 0 Å². The second-order valence-electron chi connectivity index (χ2n) is 4.98. The highest BCUT2D eigenvalue weighted by molar-refractivity contribution is 9.10. The van der Waals surface area contributed by atoms with Gasteiger partial charge in [0.2, 0.25) is 0 Å². The van der Waals surface area contributed by atoms with E-state index in [-0.39, 0.29) is 5.97 Å². The van der Waals surface area contributed by atoms with Gasteiger partial charge >= 0.3 is 5.97 Å². The van der Waals surface area contributed by atoms with Crippen LogP contribution in [0, 0.1) is 13.8 Å². The van der Waals surface area contributed by atoms with E-state index in [4.69, 9.17) is 4.74 Å². The van der Waals surface area contributed by atoms with Crippen LogP contribution in [0.1, 0.15) is 43.7 Å². The van der Waals surface area contributed by atoms with Crippen molar-refractivity contribution in [3.63, 3.8) is 0 Å². The molecular weight excluding hydrogens is 318 g/mol. The smallest absolute Gasteiger partial charge is 0.305 e. The lowest BCUT2D eigenvalue weighted by molar-refractivity contribution is -0.143. The molecule has 0 atom stereocenters. The lowest BCUT2D eigenvalue weighted by Gasteiger charge is -2.12. The number of hydrogen-bond acceptors (Lipinski definition) is 3. The monoisotopic (exact) mass is 341 g/mol. The van der Waals surface area contributed by atoms with Crippen molar-refractivity contribution in [2.45, 2.75) is 46.5 Å². The highest BCUT2D eigenvalue weighted by Crippen LogP contribution is 2.27. The minimum Gasteiger partial charge on any atom is -0.466 e. The van der Waals surface area contributed by atoms with Crippen molar-refractivity contribution < 1.29 is 9.53 Å². The number of anilines is 1. The average Bonchev–Trinajstić information content (AvgIpc) is 2.36. The summed E-state index contributed by atoms with van der Waals surface area (Å²) in [5.74, 6) is -0.0856. The fourth-order valence-corrected chi connectivity index (χ4v) is 2.97. The Morgan fingerprint density at radius 2 is 2.00 bits per heavy atom. The molecule has 0 saturated heterocycles. The zero-order chi connectivity index (χ0) is 15.0. The standard InChI is InChI=1S/C16H24BrNO2/c1-4-20-15(19)8-6-5-7-9-18-16-13(3)10-12(2)11-14(16)17/h10-11,18H,4-9H2,1-3H3. The summed E-state index contributed by atoms with van der Waals surface area (Å²) >= 11 is 3.59. The SMILES string of the molecule is CCOC(=O)CCCCCNc1c(C)cc(C)cc1Br. The number of benzene rings is 1. The van der Waals surface area contributed by atoms with Gasteiger partial charge in [-0.15, -0.1) is 0 Å². The zero-order valence-electron chi connectivity index (χ0n) is 12.6. The number of nitrogens with one attached hydrogen (secondary N) is 1. The predicted molar refractivity (Wildman–Crippen MR) is 87.2 cm³/mol. The summed E-state index contributed by atoms with van der Waals surface area (Å²) in [5.41, 5.74) is 3.68. The Labute approximate surface area is 130 Å². The molecule has 4 heteroatoms. The molecule has 0 fully saturated rings. The Hall–Kier alpha value is -1.03. The van der Waals surface area contributed by atoms with E-state index in [0.29, 0.717) is 13.0 Å². The molecule has 0 heterocycles. The summed E-state index contributed by atoms with van der Waals surface area (Å²) in [5, 5.41) is 3.46. The first-order valence-corrected chi connectivity index (χ1v) is 8.00. The molecule has 0 spiro atoms. The molecule has 1 rings (SSSR count). The molecule has 0 bridgehead atoms. The highest BCUT2D eigenvalue weighted by atomic mass is 79.9. The number of carbonyl (C=O) groups is 1. The van der Waals surface area contributed by atoms with Crippen LogP contribution >= 0.6 is 15.9 Å². The molecular formula is C16H24BrNO2. The Morgan fingerprint density at radius 3 is 2.65 bits per heavy atom.